The van der Waals surface area contributed by atoms with E-state index in [0.29, 0.717) is 28.8 Å². The van der Waals surface area contributed by atoms with Gasteiger partial charge in [0.25, 0.3) is 0 Å². The summed E-state index contributed by atoms with van der Waals surface area (Å²) < 4.78 is 11.7. The summed E-state index contributed by atoms with van der Waals surface area (Å²) in [6, 6.07) is 11.8. The van der Waals surface area contributed by atoms with Crippen LogP contribution >= 0.6 is 23.2 Å². The van der Waals surface area contributed by atoms with E-state index >= 15 is 0 Å². The molecule has 194 valence electrons. The Kier molecular flexibility index (Phi) is 9.41. The van der Waals surface area contributed by atoms with Crippen LogP contribution in [0.3, 0.4) is 0 Å². The number of halogens is 2. The molecule has 1 amide bonds. The Hall–Kier alpha value is -2.41. The average molecular weight is 533 g/mol. The van der Waals surface area contributed by atoms with Crippen molar-refractivity contribution < 1.29 is 14.3 Å². The van der Waals surface area contributed by atoms with Crippen LogP contribution in [-0.4, -0.2) is 56.9 Å². The van der Waals surface area contributed by atoms with Gasteiger partial charge in [0, 0.05) is 45.1 Å². The maximum absolute atomic E-state index is 12.5. The molecule has 0 atom stereocenters. The number of hydrogen-bond donors (Lipinski definition) is 0. The van der Waals surface area contributed by atoms with E-state index in [2.05, 4.69) is 22.4 Å². The van der Waals surface area contributed by atoms with Crippen LogP contribution in [0, 0.1) is 0 Å². The summed E-state index contributed by atoms with van der Waals surface area (Å²) in [7, 11) is 0. The van der Waals surface area contributed by atoms with E-state index in [-0.39, 0.29) is 12.6 Å². The van der Waals surface area contributed by atoms with Crippen molar-refractivity contribution in [1.82, 2.24) is 4.90 Å². The zero-order valence-electron chi connectivity index (χ0n) is 21.0. The number of piperazine rings is 1. The van der Waals surface area contributed by atoms with Gasteiger partial charge in [-0.25, -0.2) is 0 Å². The summed E-state index contributed by atoms with van der Waals surface area (Å²) >= 11 is 12.6. The van der Waals surface area contributed by atoms with Gasteiger partial charge in [0.2, 0.25) is 5.91 Å². The third-order valence-electron chi connectivity index (χ3n) is 6.83. The number of aryl methyl sites for hydroxylation is 1. The predicted molar refractivity (Wildman–Crippen MR) is 147 cm³/mol. The van der Waals surface area contributed by atoms with Crippen LogP contribution in [0.25, 0.3) is 0 Å². The lowest BCUT2D eigenvalue weighted by atomic mass is 10.0. The number of fused-ring (bicyclic) bond motifs is 1. The number of rotatable bonds is 11. The van der Waals surface area contributed by atoms with Crippen LogP contribution in [0.5, 0.6) is 5.75 Å². The van der Waals surface area contributed by atoms with Crippen molar-refractivity contribution in [1.29, 1.82) is 0 Å². The first-order valence-corrected chi connectivity index (χ1v) is 13.5. The first kappa shape index (κ1) is 26.6. The smallest absolute Gasteiger partial charge is 0.230 e. The first-order chi connectivity index (χ1) is 17.5. The first-order valence-electron chi connectivity index (χ1n) is 12.7. The summed E-state index contributed by atoms with van der Waals surface area (Å²) in [6.07, 6.45) is 4.01. The number of allylic oxidation sites excluding steroid dienone is 1. The van der Waals surface area contributed by atoms with Crippen LogP contribution in [0.4, 0.5) is 11.4 Å². The normalized spacial score (nSPS) is 16.1. The lowest BCUT2D eigenvalue weighted by Crippen LogP contribution is -2.46. The number of unbranched alkanes of at least 4 members (excludes halogenated alkanes) is 1. The van der Waals surface area contributed by atoms with Gasteiger partial charge >= 0.3 is 0 Å². The molecule has 0 radical (unpaired) electrons. The molecule has 1 saturated heterocycles. The third kappa shape index (κ3) is 6.67. The molecule has 2 aromatic carbocycles. The molecule has 0 bridgehead atoms. The zero-order chi connectivity index (χ0) is 25.5. The molecule has 36 heavy (non-hydrogen) atoms. The number of carbonyl (C=O) groups is 1. The molecule has 0 saturated carbocycles. The molecule has 6 nitrogen and oxygen atoms in total. The number of benzene rings is 2. The highest BCUT2D eigenvalue weighted by atomic mass is 35.5. The molecule has 2 heterocycles. The number of anilines is 2. The van der Waals surface area contributed by atoms with Gasteiger partial charge in [-0.15, -0.1) is 0 Å². The molecule has 2 aliphatic rings. The standard InChI is InChI=1S/C28H35Cl2N3O3/c1-3-21(2)36-20-33-26-19-23(11-9-22(26)10-12-27(33)34)35-18-5-4-13-31-14-16-32(17-15-31)25-8-6-7-24(29)28(25)30/h6-9,11,19H,2-5,10,12-18,20H2,1H3. The fourth-order valence-electron chi connectivity index (χ4n) is 4.58. The minimum atomic E-state index is 0.0706. The van der Waals surface area contributed by atoms with Crippen molar-refractivity contribution >= 4 is 40.5 Å². The molecule has 4 rings (SSSR count). The maximum atomic E-state index is 12.5. The van der Waals surface area contributed by atoms with Gasteiger partial charge in [0.15, 0.2) is 6.73 Å². The SMILES string of the molecule is C=C(CC)OCN1C(=O)CCc2ccc(OCCCCN3CCN(c4cccc(Cl)c4Cl)CC3)cc21. The Bertz CT molecular complexity index is 1070. The summed E-state index contributed by atoms with van der Waals surface area (Å²) in [5, 5.41) is 1.24. The molecule has 2 aromatic rings. The minimum absolute atomic E-state index is 0.0706. The van der Waals surface area contributed by atoms with Crippen LogP contribution in [-0.2, 0) is 16.0 Å². The number of hydrogen-bond acceptors (Lipinski definition) is 5. The second-order valence-electron chi connectivity index (χ2n) is 9.24. The lowest BCUT2D eigenvalue weighted by Gasteiger charge is -2.36. The quantitative estimate of drug-likeness (QED) is 0.257. The van der Waals surface area contributed by atoms with Crippen molar-refractivity contribution in [2.45, 2.75) is 39.0 Å². The summed E-state index contributed by atoms with van der Waals surface area (Å²) in [5.74, 6) is 1.54. The van der Waals surface area contributed by atoms with Crippen molar-refractivity contribution in [3.63, 3.8) is 0 Å². The molecule has 0 aliphatic carbocycles. The van der Waals surface area contributed by atoms with Crippen molar-refractivity contribution in [2.75, 3.05) is 55.9 Å². The summed E-state index contributed by atoms with van der Waals surface area (Å²) in [4.78, 5) is 19.0. The predicted octanol–water partition coefficient (Wildman–Crippen LogP) is 6.15. The van der Waals surface area contributed by atoms with Crippen LogP contribution in [0.1, 0.15) is 38.2 Å². The number of nitrogens with zero attached hydrogens (tertiary/aromatic N) is 3. The van der Waals surface area contributed by atoms with Crippen LogP contribution in [0.2, 0.25) is 10.0 Å². The Morgan fingerprint density at radius 2 is 1.83 bits per heavy atom. The topological polar surface area (TPSA) is 45.2 Å². The van der Waals surface area contributed by atoms with Crippen molar-refractivity contribution in [2.24, 2.45) is 0 Å². The maximum Gasteiger partial charge on any atom is 0.230 e. The highest BCUT2D eigenvalue weighted by molar-refractivity contribution is 6.43. The average Bonchev–Trinajstić information content (AvgIpc) is 2.89. The molecule has 2 aliphatic heterocycles. The van der Waals surface area contributed by atoms with Crippen molar-refractivity contribution in [3.8, 4) is 5.75 Å². The second kappa shape index (κ2) is 12.7. The molecule has 1 fully saturated rings. The fourth-order valence-corrected chi connectivity index (χ4v) is 5.00. The highest BCUT2D eigenvalue weighted by Gasteiger charge is 2.25. The molecule has 0 spiro atoms. The second-order valence-corrected chi connectivity index (χ2v) is 10.0. The molecule has 8 heteroatoms. The van der Waals surface area contributed by atoms with Gasteiger partial charge in [-0.2, -0.15) is 0 Å². The summed E-state index contributed by atoms with van der Waals surface area (Å²) in [6.45, 7) is 11.6. The monoisotopic (exact) mass is 531 g/mol. The Morgan fingerprint density at radius 1 is 1.03 bits per heavy atom. The molecular formula is C28H35Cl2N3O3. The molecular weight excluding hydrogens is 497 g/mol. The number of ether oxygens (including phenoxy) is 2. The van der Waals surface area contributed by atoms with Gasteiger partial charge in [-0.05, 0) is 49.6 Å². The van der Waals surface area contributed by atoms with Gasteiger partial charge in [-0.3, -0.25) is 14.6 Å². The van der Waals surface area contributed by atoms with Gasteiger partial charge < -0.3 is 14.4 Å². The molecule has 0 N–H and O–H groups in total. The van der Waals surface area contributed by atoms with E-state index in [4.69, 9.17) is 32.7 Å². The minimum Gasteiger partial charge on any atom is -0.494 e. The van der Waals surface area contributed by atoms with E-state index in [1.54, 1.807) is 4.90 Å². The molecule has 0 unspecified atom stereocenters. The fraction of sp³-hybridized carbons (Fsp3) is 0.464. The van der Waals surface area contributed by atoms with E-state index in [0.717, 1.165) is 81.1 Å². The van der Waals surface area contributed by atoms with E-state index in [9.17, 15) is 4.79 Å². The number of carbonyl (C=O) groups excluding carboxylic acids is 1. The Labute approximate surface area is 224 Å². The van der Waals surface area contributed by atoms with Crippen LogP contribution in [0.15, 0.2) is 48.7 Å². The highest BCUT2D eigenvalue weighted by Crippen LogP contribution is 2.33. The van der Waals surface area contributed by atoms with Gasteiger partial charge in [-0.1, -0.05) is 48.8 Å². The molecule has 0 aromatic heterocycles. The largest absolute Gasteiger partial charge is 0.494 e. The zero-order valence-corrected chi connectivity index (χ0v) is 22.5. The van der Waals surface area contributed by atoms with Gasteiger partial charge in [0.05, 0.1) is 33.8 Å². The number of amides is 1. The Balaban J connectivity index is 1.20. The van der Waals surface area contributed by atoms with Gasteiger partial charge in [0.1, 0.15) is 5.75 Å². The summed E-state index contributed by atoms with van der Waals surface area (Å²) in [5.41, 5.74) is 3.04. The van der Waals surface area contributed by atoms with E-state index in [1.807, 2.05) is 37.3 Å². The van der Waals surface area contributed by atoms with Crippen LogP contribution < -0.4 is 14.5 Å². The lowest BCUT2D eigenvalue weighted by molar-refractivity contribution is -0.119. The van der Waals surface area contributed by atoms with Crippen molar-refractivity contribution in [3.05, 3.63) is 64.3 Å². The third-order valence-corrected chi connectivity index (χ3v) is 7.64. The van der Waals surface area contributed by atoms with E-state index in [1.165, 1.54) is 0 Å². The van der Waals surface area contributed by atoms with E-state index < -0.39 is 0 Å². The Morgan fingerprint density at radius 3 is 2.61 bits per heavy atom.